The fraction of sp³-hybridized carbons (Fsp3) is 0.357. The maximum Gasteiger partial charge on any atom is 0.262 e. The van der Waals surface area contributed by atoms with E-state index in [0.29, 0.717) is 11.9 Å². The van der Waals surface area contributed by atoms with Gasteiger partial charge in [0.15, 0.2) is 0 Å². The van der Waals surface area contributed by atoms with Gasteiger partial charge in [0.2, 0.25) is 5.91 Å². The molecule has 0 saturated carbocycles. The Hall–Kier alpha value is -1.95. The number of rotatable bonds is 4. The van der Waals surface area contributed by atoms with E-state index in [-0.39, 0.29) is 18.0 Å². The number of carbonyl (C=O) groups excluding carboxylic acids is 1. The van der Waals surface area contributed by atoms with Gasteiger partial charge in [0.1, 0.15) is 11.4 Å². The van der Waals surface area contributed by atoms with E-state index < -0.39 is 0 Å². The van der Waals surface area contributed by atoms with Crippen LogP contribution in [0.5, 0.6) is 0 Å². The third kappa shape index (κ3) is 2.16. The molecule has 3 rings (SSSR count). The van der Waals surface area contributed by atoms with Crippen molar-refractivity contribution in [2.75, 3.05) is 6.54 Å². The van der Waals surface area contributed by atoms with E-state index in [1.807, 2.05) is 0 Å². The minimum absolute atomic E-state index is 0.000231. The van der Waals surface area contributed by atoms with Crippen LogP contribution < -0.4 is 10.9 Å². The molecule has 0 saturated heterocycles. The Kier molecular flexibility index (Phi) is 3.40. The smallest absolute Gasteiger partial charge is 0.262 e. The van der Waals surface area contributed by atoms with Gasteiger partial charge in [-0.1, -0.05) is 6.08 Å². The molecule has 0 radical (unpaired) electrons. The SMILES string of the molecule is C=CCNC(=O)Cn1cnc2sc3c(c2c1=O)CCC3. The Bertz CT molecular complexity index is 745. The Morgan fingerprint density at radius 2 is 2.40 bits per heavy atom. The van der Waals surface area contributed by atoms with E-state index in [2.05, 4.69) is 16.9 Å². The van der Waals surface area contributed by atoms with Gasteiger partial charge in [-0.25, -0.2) is 4.98 Å². The molecule has 2 aromatic rings. The molecule has 104 valence electrons. The first-order chi connectivity index (χ1) is 9.70. The van der Waals surface area contributed by atoms with Crippen molar-refractivity contribution in [2.24, 2.45) is 0 Å². The fourth-order valence-electron chi connectivity index (χ4n) is 2.53. The van der Waals surface area contributed by atoms with Crippen molar-refractivity contribution in [3.05, 3.63) is 39.8 Å². The topological polar surface area (TPSA) is 64.0 Å². The van der Waals surface area contributed by atoms with Crippen molar-refractivity contribution in [3.8, 4) is 0 Å². The van der Waals surface area contributed by atoms with Gasteiger partial charge in [0.25, 0.3) is 5.56 Å². The highest BCUT2D eigenvalue weighted by Crippen LogP contribution is 2.34. The van der Waals surface area contributed by atoms with Crippen LogP contribution in [-0.2, 0) is 24.2 Å². The van der Waals surface area contributed by atoms with Crippen LogP contribution in [0.2, 0.25) is 0 Å². The van der Waals surface area contributed by atoms with Crippen molar-refractivity contribution >= 4 is 27.5 Å². The average molecular weight is 289 g/mol. The van der Waals surface area contributed by atoms with Gasteiger partial charge >= 0.3 is 0 Å². The molecule has 1 aliphatic carbocycles. The van der Waals surface area contributed by atoms with E-state index in [1.54, 1.807) is 17.4 Å². The van der Waals surface area contributed by atoms with Crippen LogP contribution in [-0.4, -0.2) is 22.0 Å². The molecule has 6 heteroatoms. The number of fused-ring (bicyclic) bond motifs is 3. The molecule has 0 fully saturated rings. The molecule has 0 atom stereocenters. The van der Waals surface area contributed by atoms with Crippen molar-refractivity contribution in [1.29, 1.82) is 0 Å². The number of amides is 1. The predicted molar refractivity (Wildman–Crippen MR) is 79.1 cm³/mol. The lowest BCUT2D eigenvalue weighted by Crippen LogP contribution is -2.32. The monoisotopic (exact) mass is 289 g/mol. The van der Waals surface area contributed by atoms with Crippen molar-refractivity contribution in [3.63, 3.8) is 0 Å². The van der Waals surface area contributed by atoms with Gasteiger partial charge in [-0.2, -0.15) is 0 Å². The van der Waals surface area contributed by atoms with Gasteiger partial charge in [-0.15, -0.1) is 17.9 Å². The van der Waals surface area contributed by atoms with Crippen LogP contribution in [0.4, 0.5) is 0 Å². The Labute approximate surface area is 119 Å². The number of thiophene rings is 1. The number of aryl methyl sites for hydroxylation is 2. The summed E-state index contributed by atoms with van der Waals surface area (Å²) in [6.07, 6.45) is 6.15. The quantitative estimate of drug-likeness (QED) is 0.862. The van der Waals surface area contributed by atoms with Crippen molar-refractivity contribution in [2.45, 2.75) is 25.8 Å². The predicted octanol–water partition coefficient (Wildman–Crippen LogP) is 1.25. The summed E-state index contributed by atoms with van der Waals surface area (Å²) >= 11 is 1.60. The molecule has 0 bridgehead atoms. The van der Waals surface area contributed by atoms with Crippen LogP contribution >= 0.6 is 11.3 Å². The van der Waals surface area contributed by atoms with Gasteiger partial charge in [-0.05, 0) is 24.8 Å². The first-order valence-corrected chi connectivity index (χ1v) is 7.39. The molecular formula is C14H15N3O2S. The zero-order chi connectivity index (χ0) is 14.1. The highest BCUT2D eigenvalue weighted by atomic mass is 32.1. The molecule has 1 aliphatic rings. The number of carbonyl (C=O) groups is 1. The molecular weight excluding hydrogens is 274 g/mol. The number of hydrogen-bond acceptors (Lipinski definition) is 4. The normalized spacial score (nSPS) is 13.4. The first-order valence-electron chi connectivity index (χ1n) is 6.58. The van der Waals surface area contributed by atoms with Gasteiger partial charge in [-0.3, -0.25) is 14.2 Å². The zero-order valence-electron chi connectivity index (χ0n) is 11.0. The Morgan fingerprint density at radius 3 is 3.20 bits per heavy atom. The lowest BCUT2D eigenvalue weighted by molar-refractivity contribution is -0.121. The van der Waals surface area contributed by atoms with E-state index in [9.17, 15) is 9.59 Å². The van der Waals surface area contributed by atoms with Crippen LogP contribution in [0, 0.1) is 0 Å². The van der Waals surface area contributed by atoms with Crippen molar-refractivity contribution < 1.29 is 4.79 Å². The molecule has 0 aliphatic heterocycles. The van der Waals surface area contributed by atoms with E-state index in [4.69, 9.17) is 0 Å². The number of hydrogen-bond donors (Lipinski definition) is 1. The fourth-order valence-corrected chi connectivity index (χ4v) is 3.75. The van der Waals surface area contributed by atoms with Gasteiger partial charge in [0, 0.05) is 11.4 Å². The van der Waals surface area contributed by atoms with Crippen LogP contribution in [0.3, 0.4) is 0 Å². The second-order valence-electron chi connectivity index (χ2n) is 4.81. The lowest BCUT2D eigenvalue weighted by atomic mass is 10.2. The molecule has 1 N–H and O–H groups in total. The molecule has 0 aromatic carbocycles. The van der Waals surface area contributed by atoms with Gasteiger partial charge < -0.3 is 5.32 Å². The minimum Gasteiger partial charge on any atom is -0.351 e. The summed E-state index contributed by atoms with van der Waals surface area (Å²) in [5.74, 6) is -0.208. The lowest BCUT2D eigenvalue weighted by Gasteiger charge is -2.05. The average Bonchev–Trinajstić information content (AvgIpc) is 2.99. The molecule has 20 heavy (non-hydrogen) atoms. The maximum atomic E-state index is 12.5. The minimum atomic E-state index is -0.208. The van der Waals surface area contributed by atoms with E-state index in [0.717, 1.165) is 29.7 Å². The standard InChI is InChI=1S/C14H15N3O2S/c1-2-6-15-11(18)7-17-8-16-13-12(14(17)19)9-4-3-5-10(9)20-13/h2,8H,1,3-7H2,(H,15,18). The Balaban J connectivity index is 1.97. The summed E-state index contributed by atoms with van der Waals surface area (Å²) in [5, 5.41) is 3.37. The van der Waals surface area contributed by atoms with Gasteiger partial charge in [0.05, 0.1) is 11.7 Å². The third-order valence-electron chi connectivity index (χ3n) is 3.45. The second-order valence-corrected chi connectivity index (χ2v) is 5.89. The first kappa shape index (κ1) is 13.1. The number of aromatic nitrogens is 2. The van der Waals surface area contributed by atoms with Crippen LogP contribution in [0.1, 0.15) is 16.9 Å². The van der Waals surface area contributed by atoms with Crippen LogP contribution in [0.15, 0.2) is 23.8 Å². The molecule has 0 unspecified atom stereocenters. The molecule has 5 nitrogen and oxygen atoms in total. The highest BCUT2D eigenvalue weighted by Gasteiger charge is 2.21. The zero-order valence-corrected chi connectivity index (χ0v) is 11.8. The number of nitrogens with one attached hydrogen (secondary N) is 1. The van der Waals surface area contributed by atoms with E-state index >= 15 is 0 Å². The van der Waals surface area contributed by atoms with Crippen LogP contribution in [0.25, 0.3) is 10.2 Å². The summed E-state index contributed by atoms with van der Waals surface area (Å²) in [7, 11) is 0. The second kappa shape index (κ2) is 5.20. The Morgan fingerprint density at radius 1 is 1.55 bits per heavy atom. The van der Waals surface area contributed by atoms with Crippen molar-refractivity contribution in [1.82, 2.24) is 14.9 Å². The molecule has 0 spiro atoms. The summed E-state index contributed by atoms with van der Waals surface area (Å²) in [6.45, 7) is 3.94. The molecule has 1 amide bonds. The molecule has 2 heterocycles. The largest absolute Gasteiger partial charge is 0.351 e. The molecule has 2 aromatic heterocycles. The summed E-state index contributed by atoms with van der Waals surface area (Å²) in [6, 6.07) is 0. The number of nitrogens with zero attached hydrogens (tertiary/aromatic N) is 2. The maximum absolute atomic E-state index is 12.5. The third-order valence-corrected chi connectivity index (χ3v) is 4.65. The highest BCUT2D eigenvalue weighted by molar-refractivity contribution is 7.18. The summed E-state index contributed by atoms with van der Waals surface area (Å²) in [4.78, 5) is 30.6. The van der Waals surface area contributed by atoms with E-state index in [1.165, 1.54) is 15.8 Å². The summed E-state index contributed by atoms with van der Waals surface area (Å²) in [5.41, 5.74) is 1.03. The summed E-state index contributed by atoms with van der Waals surface area (Å²) < 4.78 is 1.38.